The number of aromatic nitrogens is 5. The molecule has 0 aliphatic carbocycles. The third-order valence-corrected chi connectivity index (χ3v) is 8.22. The van der Waals surface area contributed by atoms with Gasteiger partial charge in [0.2, 0.25) is 11.8 Å². The first-order chi connectivity index (χ1) is 19.8. The lowest BCUT2D eigenvalue weighted by atomic mass is 9.97. The van der Waals surface area contributed by atoms with Crippen LogP contribution in [0, 0.1) is 12.8 Å². The number of carbonyl (C=O) groups is 3. The van der Waals surface area contributed by atoms with Gasteiger partial charge in [-0.2, -0.15) is 5.10 Å². The fourth-order valence-electron chi connectivity index (χ4n) is 5.04. The zero-order valence-electron chi connectivity index (χ0n) is 24.3. The average molecular weight is 581 g/mol. The van der Waals surface area contributed by atoms with E-state index in [4.69, 9.17) is 4.98 Å². The van der Waals surface area contributed by atoms with Crippen LogP contribution in [0.2, 0.25) is 0 Å². The van der Waals surface area contributed by atoms with Gasteiger partial charge in [-0.15, -0.1) is 5.10 Å². The molecule has 0 bridgehead atoms. The van der Waals surface area contributed by atoms with Crippen LogP contribution in [0.1, 0.15) is 85.1 Å². The van der Waals surface area contributed by atoms with E-state index in [2.05, 4.69) is 25.3 Å². The van der Waals surface area contributed by atoms with Gasteiger partial charge in [-0.1, -0.05) is 68.4 Å². The van der Waals surface area contributed by atoms with Crippen LogP contribution >= 0.6 is 11.5 Å². The molecule has 2 N–H and O–H groups in total. The molecule has 1 aromatic carbocycles. The van der Waals surface area contributed by atoms with E-state index in [0.717, 1.165) is 29.9 Å². The van der Waals surface area contributed by atoms with Crippen molar-refractivity contribution in [1.29, 1.82) is 0 Å². The van der Waals surface area contributed by atoms with Crippen molar-refractivity contribution in [3.63, 3.8) is 0 Å². The zero-order chi connectivity index (χ0) is 29.4. The van der Waals surface area contributed by atoms with E-state index in [1.165, 1.54) is 0 Å². The third-order valence-electron chi connectivity index (χ3n) is 7.47. The fourth-order valence-corrected chi connectivity index (χ4v) is 5.71. The predicted octanol–water partition coefficient (Wildman–Crippen LogP) is 3.26. The summed E-state index contributed by atoms with van der Waals surface area (Å²) < 4.78 is 5.83. The van der Waals surface area contributed by atoms with Gasteiger partial charge in [-0.25, -0.2) is 9.67 Å². The number of aryl methyl sites for hydroxylation is 2. The maximum Gasteiger partial charge on any atom is 0.267 e. The van der Waals surface area contributed by atoms with Crippen molar-refractivity contribution in [1.82, 2.24) is 39.9 Å². The lowest BCUT2D eigenvalue weighted by Crippen LogP contribution is -2.51. The van der Waals surface area contributed by atoms with Gasteiger partial charge in [0, 0.05) is 19.5 Å². The maximum absolute atomic E-state index is 13.7. The highest BCUT2D eigenvalue weighted by Gasteiger charge is 2.31. The molecule has 4 rings (SSSR count). The van der Waals surface area contributed by atoms with Crippen molar-refractivity contribution in [2.45, 2.75) is 84.8 Å². The second-order valence-electron chi connectivity index (χ2n) is 10.6. The van der Waals surface area contributed by atoms with Crippen molar-refractivity contribution in [3.05, 3.63) is 58.1 Å². The molecule has 12 heteroatoms. The minimum absolute atomic E-state index is 0.0715. The Morgan fingerprint density at radius 1 is 1.12 bits per heavy atom. The molecule has 3 amide bonds. The van der Waals surface area contributed by atoms with E-state index in [9.17, 15) is 14.4 Å². The lowest BCUT2D eigenvalue weighted by Gasteiger charge is -2.28. The Morgan fingerprint density at radius 3 is 2.63 bits per heavy atom. The van der Waals surface area contributed by atoms with Crippen LogP contribution in [0.5, 0.6) is 0 Å². The smallest absolute Gasteiger partial charge is 0.267 e. The summed E-state index contributed by atoms with van der Waals surface area (Å²) in [6, 6.07) is 8.72. The van der Waals surface area contributed by atoms with Crippen molar-refractivity contribution >= 4 is 29.3 Å². The Morgan fingerprint density at radius 2 is 1.90 bits per heavy atom. The summed E-state index contributed by atoms with van der Waals surface area (Å²) >= 11 is 1.11. The molecular weight excluding hydrogens is 540 g/mol. The van der Waals surface area contributed by atoms with E-state index in [1.807, 2.05) is 58.0 Å². The van der Waals surface area contributed by atoms with Crippen molar-refractivity contribution in [2.24, 2.45) is 5.92 Å². The van der Waals surface area contributed by atoms with Crippen LogP contribution in [-0.4, -0.2) is 66.1 Å². The molecule has 11 nitrogen and oxygen atoms in total. The lowest BCUT2D eigenvalue weighted by molar-refractivity contribution is -0.130. The van der Waals surface area contributed by atoms with Crippen molar-refractivity contribution < 1.29 is 14.4 Å². The van der Waals surface area contributed by atoms with Gasteiger partial charge in [-0.3, -0.25) is 14.4 Å². The standard InChI is InChI=1S/C29H40N8O3S/c1-5-11-22-26(41-35-33-22)29(40)36-15-10-14-24(38)32-25(19(3)6-2)28(39)31-23(18-21-12-8-7-9-13-21)27-30-20(4)34-37(27)17-16-36/h7-9,12-13,19,23,25H,5-6,10-11,14-18H2,1-4H3,(H,31,39)(H,32,38)/t19-,23-,25-/m0/s1. The largest absolute Gasteiger partial charge is 0.344 e. The topological polar surface area (TPSA) is 135 Å². The summed E-state index contributed by atoms with van der Waals surface area (Å²) in [6.07, 6.45) is 3.43. The Labute approximate surface area is 245 Å². The molecule has 3 heterocycles. The highest BCUT2D eigenvalue weighted by Crippen LogP contribution is 2.21. The Hall–Kier alpha value is -3.67. The van der Waals surface area contributed by atoms with Crippen LogP contribution < -0.4 is 10.6 Å². The number of nitrogens with one attached hydrogen (secondary N) is 2. The Balaban J connectivity index is 1.70. The Bertz CT molecular complexity index is 1320. The van der Waals surface area contributed by atoms with Crippen LogP contribution in [0.3, 0.4) is 0 Å². The fraction of sp³-hybridized carbons (Fsp3) is 0.552. The molecule has 0 fully saturated rings. The number of benzene rings is 1. The van der Waals surface area contributed by atoms with E-state index < -0.39 is 12.1 Å². The third kappa shape index (κ3) is 7.75. The molecule has 220 valence electrons. The Kier molecular flexibility index (Phi) is 10.6. The summed E-state index contributed by atoms with van der Waals surface area (Å²) in [7, 11) is 0. The van der Waals surface area contributed by atoms with Crippen LogP contribution in [0.4, 0.5) is 0 Å². The predicted molar refractivity (Wildman–Crippen MR) is 156 cm³/mol. The second kappa shape index (κ2) is 14.3. The van der Waals surface area contributed by atoms with E-state index in [-0.39, 0.29) is 30.1 Å². The monoisotopic (exact) mass is 580 g/mol. The maximum atomic E-state index is 13.7. The molecule has 0 saturated carbocycles. The number of nitrogens with zero attached hydrogens (tertiary/aromatic N) is 6. The normalized spacial score (nSPS) is 19.6. The summed E-state index contributed by atoms with van der Waals surface area (Å²) in [5, 5.41) is 15.0. The first-order valence-electron chi connectivity index (χ1n) is 14.5. The van der Waals surface area contributed by atoms with Gasteiger partial charge < -0.3 is 15.5 Å². The quantitative estimate of drug-likeness (QED) is 0.438. The van der Waals surface area contributed by atoms with Gasteiger partial charge in [0.1, 0.15) is 22.6 Å². The summed E-state index contributed by atoms with van der Waals surface area (Å²) in [5.41, 5.74) is 1.74. The molecule has 3 aromatic rings. The average Bonchev–Trinajstić information content (AvgIpc) is 3.58. The first-order valence-corrected chi connectivity index (χ1v) is 15.2. The molecule has 0 spiro atoms. The second-order valence-corrected chi connectivity index (χ2v) is 11.4. The molecule has 41 heavy (non-hydrogen) atoms. The zero-order valence-corrected chi connectivity index (χ0v) is 25.1. The minimum Gasteiger partial charge on any atom is -0.344 e. The van der Waals surface area contributed by atoms with Crippen molar-refractivity contribution in [2.75, 3.05) is 13.1 Å². The number of hydrogen-bond donors (Lipinski definition) is 2. The van der Waals surface area contributed by atoms with Gasteiger partial charge in [-0.05, 0) is 49.2 Å². The van der Waals surface area contributed by atoms with E-state index >= 15 is 0 Å². The SMILES string of the molecule is CCCc1nnsc1C(=O)N1CCCC(=O)N[C@@H]([C@@H](C)CC)C(=O)N[C@@H](Cc2ccccc2)c2nc(C)nn2CC1. The van der Waals surface area contributed by atoms with Gasteiger partial charge in [0.05, 0.1) is 18.3 Å². The van der Waals surface area contributed by atoms with E-state index in [1.54, 1.807) is 9.58 Å². The molecule has 1 aliphatic rings. The van der Waals surface area contributed by atoms with E-state index in [0.29, 0.717) is 61.1 Å². The van der Waals surface area contributed by atoms with Crippen LogP contribution in [-0.2, 0) is 29.0 Å². The summed E-state index contributed by atoms with van der Waals surface area (Å²) in [4.78, 5) is 47.4. The van der Waals surface area contributed by atoms with Crippen LogP contribution in [0.25, 0.3) is 0 Å². The summed E-state index contributed by atoms with van der Waals surface area (Å²) in [5.74, 6) is 0.539. The van der Waals surface area contributed by atoms with Crippen molar-refractivity contribution in [3.8, 4) is 0 Å². The number of carbonyl (C=O) groups excluding carboxylic acids is 3. The van der Waals surface area contributed by atoms with Gasteiger partial charge >= 0.3 is 0 Å². The molecule has 2 aromatic heterocycles. The number of rotatable bonds is 7. The molecule has 0 saturated heterocycles. The number of fused-ring (bicyclic) bond motifs is 1. The highest BCUT2D eigenvalue weighted by molar-refractivity contribution is 7.08. The number of amides is 3. The van der Waals surface area contributed by atoms with Gasteiger partial charge in [0.15, 0.2) is 0 Å². The molecule has 0 unspecified atom stereocenters. The number of hydrogen-bond acceptors (Lipinski definition) is 8. The molecule has 1 aliphatic heterocycles. The highest BCUT2D eigenvalue weighted by atomic mass is 32.1. The first kappa shape index (κ1) is 30.3. The van der Waals surface area contributed by atoms with Gasteiger partial charge in [0.25, 0.3) is 5.91 Å². The van der Waals surface area contributed by atoms with Crippen LogP contribution in [0.15, 0.2) is 30.3 Å². The molecule has 3 atom stereocenters. The minimum atomic E-state index is -0.691. The molecular formula is C29H40N8O3S. The summed E-state index contributed by atoms with van der Waals surface area (Å²) in [6.45, 7) is 8.96. The molecule has 0 radical (unpaired) electrons.